The molecular weight excluding hydrogens is 266 g/mol. The maximum absolute atomic E-state index is 12.5. The van der Waals surface area contributed by atoms with Gasteiger partial charge in [-0.05, 0) is 37.5 Å². The van der Waals surface area contributed by atoms with Crippen LogP contribution in [0.5, 0.6) is 0 Å². The lowest BCUT2D eigenvalue weighted by Crippen LogP contribution is -2.32. The Labute approximate surface area is 123 Å². The first-order valence-electron chi connectivity index (χ1n) is 7.21. The number of benzene rings is 1. The molecule has 0 bridgehead atoms. The van der Waals surface area contributed by atoms with E-state index in [-0.39, 0.29) is 30.3 Å². The molecule has 1 aromatic carbocycles. The number of aryl methyl sites for hydroxylation is 1. The smallest absolute Gasteiger partial charge is 0.237 e. The lowest BCUT2D eigenvalue weighted by molar-refractivity contribution is -0.122. The summed E-state index contributed by atoms with van der Waals surface area (Å²) < 4.78 is 0. The molecule has 1 saturated heterocycles. The minimum atomic E-state index is -0.249. The van der Waals surface area contributed by atoms with Gasteiger partial charge in [-0.1, -0.05) is 24.3 Å². The van der Waals surface area contributed by atoms with Crippen molar-refractivity contribution in [3.8, 4) is 11.8 Å². The molecule has 2 atom stereocenters. The molecule has 1 aliphatic heterocycles. The van der Waals surface area contributed by atoms with Crippen molar-refractivity contribution in [1.82, 2.24) is 0 Å². The average Bonchev–Trinajstić information content (AvgIpc) is 3.03. The van der Waals surface area contributed by atoms with Gasteiger partial charge in [0.15, 0.2) is 0 Å². The number of amides is 2. The second-order valence-electron chi connectivity index (χ2n) is 5.64. The molecule has 0 spiro atoms. The summed E-state index contributed by atoms with van der Waals surface area (Å²) in [6.07, 6.45) is 2.55. The van der Waals surface area contributed by atoms with E-state index in [2.05, 4.69) is 11.8 Å². The number of anilines is 1. The van der Waals surface area contributed by atoms with Crippen LogP contribution in [0, 0.1) is 30.6 Å². The Morgan fingerprint density at radius 1 is 1.24 bits per heavy atom. The first kappa shape index (κ1) is 13.8. The second kappa shape index (κ2) is 5.34. The third-order valence-electron chi connectivity index (χ3n) is 4.29. The first-order valence-corrected chi connectivity index (χ1v) is 7.21. The number of carbonyl (C=O) groups excluding carboxylic acids is 2. The number of rotatable bonds is 1. The van der Waals surface area contributed by atoms with Crippen LogP contribution in [0.3, 0.4) is 0 Å². The van der Waals surface area contributed by atoms with Crippen LogP contribution < -0.4 is 4.90 Å². The van der Waals surface area contributed by atoms with E-state index in [1.54, 1.807) is 6.07 Å². The number of hydrogen-bond donors (Lipinski definition) is 1. The Hall–Kier alpha value is -2.12. The van der Waals surface area contributed by atoms with Gasteiger partial charge in [-0.15, -0.1) is 0 Å². The Balaban J connectivity index is 2.04. The van der Waals surface area contributed by atoms with Gasteiger partial charge >= 0.3 is 0 Å². The van der Waals surface area contributed by atoms with Gasteiger partial charge < -0.3 is 5.11 Å². The summed E-state index contributed by atoms with van der Waals surface area (Å²) in [7, 11) is 0. The van der Waals surface area contributed by atoms with E-state index in [9.17, 15) is 9.59 Å². The maximum atomic E-state index is 12.5. The standard InChI is InChI=1S/C17H17NO3/c1-11-7-8-15(12(10-11)4-3-9-19)18-16(20)13-5-2-6-14(13)17(18)21/h7-8,10,13-14,19H,2,5-6,9H2,1H3. The van der Waals surface area contributed by atoms with Crippen LogP contribution in [-0.4, -0.2) is 23.5 Å². The predicted molar refractivity (Wildman–Crippen MR) is 78.5 cm³/mol. The highest BCUT2D eigenvalue weighted by molar-refractivity contribution is 6.22. The van der Waals surface area contributed by atoms with Crippen molar-refractivity contribution in [3.05, 3.63) is 29.3 Å². The number of fused-ring (bicyclic) bond motifs is 1. The van der Waals surface area contributed by atoms with Gasteiger partial charge in [-0.25, -0.2) is 4.90 Å². The molecule has 1 aromatic rings. The normalized spacial score (nSPS) is 24.0. The van der Waals surface area contributed by atoms with E-state index in [0.29, 0.717) is 11.3 Å². The van der Waals surface area contributed by atoms with Gasteiger partial charge in [0.05, 0.1) is 17.5 Å². The molecule has 1 saturated carbocycles. The van der Waals surface area contributed by atoms with Crippen molar-refractivity contribution < 1.29 is 14.7 Å². The Morgan fingerprint density at radius 3 is 2.52 bits per heavy atom. The second-order valence-corrected chi connectivity index (χ2v) is 5.64. The van der Waals surface area contributed by atoms with Crippen LogP contribution >= 0.6 is 0 Å². The largest absolute Gasteiger partial charge is 0.384 e. The highest BCUT2D eigenvalue weighted by Gasteiger charge is 2.50. The Morgan fingerprint density at radius 2 is 1.90 bits per heavy atom. The molecule has 3 rings (SSSR count). The zero-order chi connectivity index (χ0) is 15.0. The Bertz CT molecular complexity index is 646. The van der Waals surface area contributed by atoms with Crippen LogP contribution in [0.25, 0.3) is 0 Å². The topological polar surface area (TPSA) is 57.6 Å². The quantitative estimate of drug-likeness (QED) is 0.629. The molecule has 1 heterocycles. The minimum Gasteiger partial charge on any atom is -0.384 e. The van der Waals surface area contributed by atoms with Crippen molar-refractivity contribution in [2.45, 2.75) is 26.2 Å². The minimum absolute atomic E-state index is 0.0987. The van der Waals surface area contributed by atoms with Crippen molar-refractivity contribution in [1.29, 1.82) is 0 Å². The fourth-order valence-electron chi connectivity index (χ4n) is 3.31. The zero-order valence-electron chi connectivity index (χ0n) is 11.9. The fraction of sp³-hybridized carbons (Fsp3) is 0.412. The van der Waals surface area contributed by atoms with E-state index in [1.165, 1.54) is 4.90 Å². The number of aliphatic hydroxyl groups excluding tert-OH is 1. The molecular formula is C17H17NO3. The van der Waals surface area contributed by atoms with Gasteiger partial charge in [0.25, 0.3) is 0 Å². The van der Waals surface area contributed by atoms with Gasteiger partial charge in [0.1, 0.15) is 6.61 Å². The van der Waals surface area contributed by atoms with Crippen molar-refractivity contribution in [2.24, 2.45) is 11.8 Å². The summed E-state index contributed by atoms with van der Waals surface area (Å²) in [5.41, 5.74) is 2.16. The van der Waals surface area contributed by atoms with E-state index in [0.717, 1.165) is 24.8 Å². The molecule has 2 amide bonds. The van der Waals surface area contributed by atoms with Crippen LogP contribution in [0.2, 0.25) is 0 Å². The van der Waals surface area contributed by atoms with E-state index in [4.69, 9.17) is 5.11 Å². The summed E-state index contributed by atoms with van der Waals surface area (Å²) in [5, 5.41) is 8.87. The molecule has 21 heavy (non-hydrogen) atoms. The molecule has 0 radical (unpaired) electrons. The molecule has 0 aromatic heterocycles. The predicted octanol–water partition coefficient (Wildman–Crippen LogP) is 1.63. The van der Waals surface area contributed by atoms with Gasteiger partial charge in [0, 0.05) is 5.56 Å². The molecule has 4 nitrogen and oxygen atoms in total. The van der Waals surface area contributed by atoms with Gasteiger partial charge in [-0.3, -0.25) is 9.59 Å². The van der Waals surface area contributed by atoms with E-state index in [1.807, 2.05) is 19.1 Å². The SMILES string of the molecule is Cc1ccc(N2C(=O)C3CCCC3C2=O)c(C#CCO)c1. The van der Waals surface area contributed by atoms with Gasteiger partial charge in [0.2, 0.25) is 11.8 Å². The molecule has 1 N–H and O–H groups in total. The zero-order valence-corrected chi connectivity index (χ0v) is 11.9. The summed E-state index contributed by atoms with van der Waals surface area (Å²) in [5.74, 6) is 4.93. The number of nitrogens with zero attached hydrogens (tertiary/aromatic N) is 1. The van der Waals surface area contributed by atoms with Crippen LogP contribution in [0.15, 0.2) is 18.2 Å². The molecule has 2 unspecified atom stereocenters. The third-order valence-corrected chi connectivity index (χ3v) is 4.29. The summed E-state index contributed by atoms with van der Waals surface area (Å²) >= 11 is 0. The van der Waals surface area contributed by atoms with Crippen LogP contribution in [0.1, 0.15) is 30.4 Å². The monoisotopic (exact) mass is 283 g/mol. The fourth-order valence-corrected chi connectivity index (χ4v) is 3.31. The molecule has 2 aliphatic rings. The van der Waals surface area contributed by atoms with Crippen molar-refractivity contribution in [3.63, 3.8) is 0 Å². The molecule has 108 valence electrons. The number of hydrogen-bond acceptors (Lipinski definition) is 3. The van der Waals surface area contributed by atoms with Crippen LogP contribution in [0.4, 0.5) is 5.69 Å². The number of carbonyl (C=O) groups is 2. The summed E-state index contributed by atoms with van der Waals surface area (Å²) in [6, 6.07) is 5.48. The molecule has 4 heteroatoms. The lowest BCUT2D eigenvalue weighted by Gasteiger charge is -2.18. The van der Waals surface area contributed by atoms with Crippen LogP contribution in [-0.2, 0) is 9.59 Å². The van der Waals surface area contributed by atoms with E-state index >= 15 is 0 Å². The number of aliphatic hydroxyl groups is 1. The molecule has 1 aliphatic carbocycles. The first-order chi connectivity index (χ1) is 10.1. The maximum Gasteiger partial charge on any atom is 0.237 e. The highest BCUT2D eigenvalue weighted by atomic mass is 16.2. The summed E-state index contributed by atoms with van der Waals surface area (Å²) in [4.78, 5) is 26.3. The highest BCUT2D eigenvalue weighted by Crippen LogP contribution is 2.42. The van der Waals surface area contributed by atoms with Gasteiger partial charge in [-0.2, -0.15) is 0 Å². The van der Waals surface area contributed by atoms with Crippen molar-refractivity contribution in [2.75, 3.05) is 11.5 Å². The number of imide groups is 1. The molecule has 2 fully saturated rings. The lowest BCUT2D eigenvalue weighted by atomic mass is 10.00. The third kappa shape index (κ3) is 2.24. The Kier molecular flexibility index (Phi) is 3.52. The average molecular weight is 283 g/mol. The van der Waals surface area contributed by atoms with E-state index < -0.39 is 0 Å². The summed E-state index contributed by atoms with van der Waals surface area (Å²) in [6.45, 7) is 1.68. The van der Waals surface area contributed by atoms with Crippen molar-refractivity contribution >= 4 is 17.5 Å².